The lowest BCUT2D eigenvalue weighted by molar-refractivity contribution is 0.1000. The van der Waals surface area contributed by atoms with Crippen molar-refractivity contribution in [2.75, 3.05) is 13.1 Å². The molecule has 0 radical (unpaired) electrons. The van der Waals surface area contributed by atoms with Crippen molar-refractivity contribution in [2.24, 2.45) is 11.7 Å². The zero-order valence-electron chi connectivity index (χ0n) is 17.2. The van der Waals surface area contributed by atoms with Gasteiger partial charge in [0.2, 0.25) is 5.91 Å². The summed E-state index contributed by atoms with van der Waals surface area (Å²) in [5.41, 5.74) is 9.92. The van der Waals surface area contributed by atoms with Crippen molar-refractivity contribution in [3.05, 3.63) is 76.9 Å². The van der Waals surface area contributed by atoms with Gasteiger partial charge in [-0.25, -0.2) is 0 Å². The van der Waals surface area contributed by atoms with E-state index in [9.17, 15) is 4.79 Å². The summed E-state index contributed by atoms with van der Waals surface area (Å²) in [5, 5.41) is 3.90. The molecule has 4 heteroatoms. The van der Waals surface area contributed by atoms with Crippen molar-refractivity contribution in [2.45, 2.75) is 44.8 Å². The van der Waals surface area contributed by atoms with Gasteiger partial charge in [-0.3, -0.25) is 9.69 Å². The molecule has 1 amide bonds. The van der Waals surface area contributed by atoms with Gasteiger partial charge < -0.3 is 11.1 Å². The molecule has 2 aliphatic rings. The number of likely N-dealkylation sites (tertiary alicyclic amines) is 1. The van der Waals surface area contributed by atoms with Gasteiger partial charge in [-0.15, -0.1) is 0 Å². The second-order valence-corrected chi connectivity index (χ2v) is 8.53. The molecular weight excluding hydrogens is 358 g/mol. The second-order valence-electron chi connectivity index (χ2n) is 8.53. The summed E-state index contributed by atoms with van der Waals surface area (Å²) < 4.78 is 0. The van der Waals surface area contributed by atoms with Crippen LogP contribution in [0.3, 0.4) is 0 Å². The molecule has 0 unspecified atom stereocenters. The Morgan fingerprint density at radius 2 is 1.79 bits per heavy atom. The van der Waals surface area contributed by atoms with Crippen LogP contribution >= 0.6 is 0 Å². The summed E-state index contributed by atoms with van der Waals surface area (Å²) in [7, 11) is 0. The molecule has 29 heavy (non-hydrogen) atoms. The highest BCUT2D eigenvalue weighted by Crippen LogP contribution is 2.38. The fraction of sp³-hybridized carbons (Fsp3) is 0.400. The van der Waals surface area contributed by atoms with Crippen LogP contribution in [0, 0.1) is 5.92 Å². The highest BCUT2D eigenvalue weighted by molar-refractivity contribution is 5.92. The molecule has 1 saturated carbocycles. The summed E-state index contributed by atoms with van der Waals surface area (Å²) in [4.78, 5) is 13.7. The van der Waals surface area contributed by atoms with Crippen molar-refractivity contribution >= 4 is 12.0 Å². The van der Waals surface area contributed by atoms with E-state index < -0.39 is 0 Å². The Labute approximate surface area is 173 Å². The van der Waals surface area contributed by atoms with Crippen molar-refractivity contribution < 1.29 is 4.79 Å². The number of carbonyl (C=O) groups excluding carboxylic acids is 1. The average Bonchev–Trinajstić information content (AvgIpc) is 3.50. The van der Waals surface area contributed by atoms with Crippen LogP contribution in [-0.4, -0.2) is 36.0 Å². The monoisotopic (exact) mass is 389 g/mol. The summed E-state index contributed by atoms with van der Waals surface area (Å²) in [5.74, 6) is 0.327. The Balaban J connectivity index is 1.21. The lowest BCUT2D eigenvalue weighted by Gasteiger charge is -2.32. The molecule has 1 aliphatic heterocycles. The van der Waals surface area contributed by atoms with Crippen LogP contribution in [0.1, 0.15) is 47.7 Å². The minimum absolute atomic E-state index is 0.365. The van der Waals surface area contributed by atoms with Gasteiger partial charge in [0, 0.05) is 24.2 Å². The Morgan fingerprint density at radius 1 is 1.10 bits per heavy atom. The number of nitrogens with one attached hydrogen (secondary N) is 1. The fourth-order valence-electron chi connectivity index (χ4n) is 4.39. The van der Waals surface area contributed by atoms with Gasteiger partial charge in [-0.2, -0.15) is 0 Å². The minimum atomic E-state index is -0.365. The Kier molecular flexibility index (Phi) is 6.12. The normalized spacial score (nSPS) is 23.1. The summed E-state index contributed by atoms with van der Waals surface area (Å²) in [6.07, 6.45) is 5.99. The summed E-state index contributed by atoms with van der Waals surface area (Å²) in [6, 6.07) is 19.6. The molecule has 2 fully saturated rings. The van der Waals surface area contributed by atoms with Crippen molar-refractivity contribution in [1.29, 1.82) is 0 Å². The number of hydrogen-bond acceptors (Lipinski definition) is 3. The van der Waals surface area contributed by atoms with Crippen LogP contribution in [0.25, 0.3) is 6.08 Å². The van der Waals surface area contributed by atoms with Gasteiger partial charge in [0.15, 0.2) is 0 Å². The SMILES string of the molecule is C/C(=C\c1ccccc1)[C@@H]1C[C@H]1NC1CCN(Cc2ccc(C(N)=O)cc2)CC1. The van der Waals surface area contributed by atoms with Crippen LogP contribution in [0.5, 0.6) is 0 Å². The van der Waals surface area contributed by atoms with Crippen molar-refractivity contribution in [3.63, 3.8) is 0 Å². The fourth-order valence-corrected chi connectivity index (χ4v) is 4.39. The molecule has 0 bridgehead atoms. The molecule has 2 aromatic rings. The third-order valence-electron chi connectivity index (χ3n) is 6.25. The lowest BCUT2D eigenvalue weighted by Crippen LogP contribution is -2.43. The first-order valence-corrected chi connectivity index (χ1v) is 10.7. The number of benzene rings is 2. The molecule has 3 N–H and O–H groups in total. The maximum atomic E-state index is 11.2. The molecule has 0 aromatic heterocycles. The highest BCUT2D eigenvalue weighted by Gasteiger charge is 2.39. The van der Waals surface area contributed by atoms with Gasteiger partial charge in [-0.1, -0.05) is 54.1 Å². The Hall–Kier alpha value is -2.43. The van der Waals surface area contributed by atoms with E-state index in [2.05, 4.69) is 53.5 Å². The lowest BCUT2D eigenvalue weighted by atomic mass is 10.0. The number of carbonyl (C=O) groups is 1. The number of primary amides is 1. The topological polar surface area (TPSA) is 58.4 Å². The van der Waals surface area contributed by atoms with Crippen molar-refractivity contribution in [1.82, 2.24) is 10.2 Å². The van der Waals surface area contributed by atoms with Crippen LogP contribution in [-0.2, 0) is 6.54 Å². The number of rotatable bonds is 7. The molecular formula is C25H31N3O. The molecule has 0 spiro atoms. The number of piperidine rings is 1. The van der Waals surface area contributed by atoms with Crippen molar-refractivity contribution in [3.8, 4) is 0 Å². The number of nitrogens with two attached hydrogens (primary N) is 1. The van der Waals surface area contributed by atoms with Gasteiger partial charge in [0.05, 0.1) is 0 Å². The zero-order chi connectivity index (χ0) is 20.2. The maximum absolute atomic E-state index is 11.2. The van der Waals surface area contributed by atoms with E-state index in [1.54, 1.807) is 0 Å². The first kappa shape index (κ1) is 19.9. The van der Waals surface area contributed by atoms with Crippen LogP contribution in [0.15, 0.2) is 60.2 Å². The van der Waals surface area contributed by atoms with Crippen LogP contribution in [0.2, 0.25) is 0 Å². The van der Waals surface area contributed by atoms with E-state index in [0.29, 0.717) is 23.6 Å². The third-order valence-corrected chi connectivity index (χ3v) is 6.25. The molecule has 1 heterocycles. The van der Waals surface area contributed by atoms with E-state index >= 15 is 0 Å². The quantitative estimate of drug-likeness (QED) is 0.757. The maximum Gasteiger partial charge on any atom is 0.248 e. The van der Waals surface area contributed by atoms with Crippen LogP contribution in [0.4, 0.5) is 0 Å². The molecule has 4 nitrogen and oxygen atoms in total. The minimum Gasteiger partial charge on any atom is -0.366 e. The number of nitrogens with zero attached hydrogens (tertiary/aromatic N) is 1. The van der Waals surface area contributed by atoms with Crippen LogP contribution < -0.4 is 11.1 Å². The zero-order valence-corrected chi connectivity index (χ0v) is 17.2. The third kappa shape index (κ3) is 5.34. The second kappa shape index (κ2) is 8.93. The van der Waals surface area contributed by atoms with E-state index in [-0.39, 0.29) is 5.91 Å². The standard InChI is InChI=1S/C25H31N3O/c1-18(15-19-5-3-2-4-6-19)23-16-24(23)27-22-11-13-28(14-12-22)17-20-7-9-21(10-8-20)25(26)29/h2-10,15,22-24,27H,11-14,16-17H2,1H3,(H2,26,29)/b18-15+/t23-,24+/m0/s1. The molecule has 152 valence electrons. The van der Waals surface area contributed by atoms with E-state index in [1.807, 2.05) is 24.3 Å². The van der Waals surface area contributed by atoms with Gasteiger partial charge >= 0.3 is 0 Å². The molecule has 4 rings (SSSR count). The largest absolute Gasteiger partial charge is 0.366 e. The highest BCUT2D eigenvalue weighted by atomic mass is 16.1. The van der Waals surface area contributed by atoms with Gasteiger partial charge in [0.25, 0.3) is 0 Å². The Morgan fingerprint density at radius 3 is 2.45 bits per heavy atom. The van der Waals surface area contributed by atoms with E-state index in [4.69, 9.17) is 5.73 Å². The first-order chi connectivity index (χ1) is 14.1. The van der Waals surface area contributed by atoms with Gasteiger partial charge in [0.1, 0.15) is 0 Å². The predicted molar refractivity (Wildman–Crippen MR) is 118 cm³/mol. The van der Waals surface area contributed by atoms with E-state index in [0.717, 1.165) is 19.6 Å². The smallest absolute Gasteiger partial charge is 0.248 e. The van der Waals surface area contributed by atoms with Gasteiger partial charge in [-0.05, 0) is 68.5 Å². The molecule has 1 saturated heterocycles. The number of amides is 1. The van der Waals surface area contributed by atoms with E-state index in [1.165, 1.54) is 36.0 Å². The Bertz CT molecular complexity index is 851. The average molecular weight is 390 g/mol. The number of hydrogen-bond donors (Lipinski definition) is 2. The first-order valence-electron chi connectivity index (χ1n) is 10.7. The summed E-state index contributed by atoms with van der Waals surface area (Å²) in [6.45, 7) is 5.44. The molecule has 2 atom stereocenters. The predicted octanol–water partition coefficient (Wildman–Crippen LogP) is 3.83. The summed E-state index contributed by atoms with van der Waals surface area (Å²) >= 11 is 0. The molecule has 1 aliphatic carbocycles. The molecule has 2 aromatic carbocycles.